The van der Waals surface area contributed by atoms with E-state index >= 15 is 0 Å². The van der Waals surface area contributed by atoms with Gasteiger partial charge in [-0.05, 0) is 38.6 Å². The zero-order valence-electron chi connectivity index (χ0n) is 11.7. The number of pyridine rings is 1. The Bertz CT molecular complexity index is 418. The molecule has 2 fully saturated rings. The van der Waals surface area contributed by atoms with Gasteiger partial charge in [0.1, 0.15) is 5.82 Å². The van der Waals surface area contributed by atoms with Crippen LogP contribution in [0, 0.1) is 0 Å². The van der Waals surface area contributed by atoms with Crippen molar-refractivity contribution >= 4 is 5.82 Å². The van der Waals surface area contributed by atoms with E-state index in [0.29, 0.717) is 5.92 Å². The van der Waals surface area contributed by atoms with Gasteiger partial charge in [0, 0.05) is 31.2 Å². The number of morpholine rings is 1. The van der Waals surface area contributed by atoms with E-state index < -0.39 is 0 Å². The first-order chi connectivity index (χ1) is 9.33. The van der Waals surface area contributed by atoms with Crippen molar-refractivity contribution in [2.24, 2.45) is 0 Å². The Kier molecular flexibility index (Phi) is 3.99. The van der Waals surface area contributed by atoms with Crippen LogP contribution in [0.4, 0.5) is 5.82 Å². The first-order valence-corrected chi connectivity index (χ1v) is 7.31. The second kappa shape index (κ2) is 5.88. The molecule has 1 atom stereocenters. The molecule has 19 heavy (non-hydrogen) atoms. The number of hydrogen-bond donors (Lipinski definition) is 0. The SMILES string of the molecule is CN1CCC[C@H](c2cccc(N3CCOCC3)n2)C1. The molecule has 2 aliphatic heterocycles. The summed E-state index contributed by atoms with van der Waals surface area (Å²) in [6, 6.07) is 6.47. The van der Waals surface area contributed by atoms with Crippen molar-refractivity contribution in [2.45, 2.75) is 18.8 Å². The van der Waals surface area contributed by atoms with Crippen molar-refractivity contribution in [3.63, 3.8) is 0 Å². The number of nitrogens with zero attached hydrogens (tertiary/aromatic N) is 3. The molecule has 0 spiro atoms. The summed E-state index contributed by atoms with van der Waals surface area (Å²) in [5.74, 6) is 1.72. The van der Waals surface area contributed by atoms with Crippen LogP contribution in [-0.2, 0) is 4.74 Å². The van der Waals surface area contributed by atoms with Gasteiger partial charge < -0.3 is 14.5 Å². The molecule has 3 rings (SSSR count). The number of aromatic nitrogens is 1. The van der Waals surface area contributed by atoms with Crippen LogP contribution in [0.25, 0.3) is 0 Å². The molecule has 0 N–H and O–H groups in total. The Morgan fingerprint density at radius 3 is 2.84 bits per heavy atom. The van der Waals surface area contributed by atoms with Crippen LogP contribution >= 0.6 is 0 Å². The maximum absolute atomic E-state index is 5.41. The van der Waals surface area contributed by atoms with Crippen LogP contribution in [-0.4, -0.2) is 56.3 Å². The predicted octanol–water partition coefficient (Wildman–Crippen LogP) is 1.73. The van der Waals surface area contributed by atoms with Crippen molar-refractivity contribution in [1.82, 2.24) is 9.88 Å². The third-order valence-electron chi connectivity index (χ3n) is 4.13. The zero-order valence-corrected chi connectivity index (χ0v) is 11.7. The largest absolute Gasteiger partial charge is 0.378 e. The van der Waals surface area contributed by atoms with Gasteiger partial charge in [-0.25, -0.2) is 4.98 Å². The third kappa shape index (κ3) is 3.07. The molecule has 1 aromatic heterocycles. The van der Waals surface area contributed by atoms with Crippen LogP contribution in [0.5, 0.6) is 0 Å². The van der Waals surface area contributed by atoms with Crippen molar-refractivity contribution in [3.05, 3.63) is 23.9 Å². The van der Waals surface area contributed by atoms with Gasteiger partial charge in [0.15, 0.2) is 0 Å². The summed E-state index contributed by atoms with van der Waals surface area (Å²) < 4.78 is 5.41. The maximum atomic E-state index is 5.41. The smallest absolute Gasteiger partial charge is 0.128 e. The molecule has 3 heterocycles. The Morgan fingerprint density at radius 2 is 2.05 bits per heavy atom. The second-order valence-corrected chi connectivity index (χ2v) is 5.62. The molecular weight excluding hydrogens is 238 g/mol. The minimum absolute atomic E-state index is 0.597. The fourth-order valence-corrected chi connectivity index (χ4v) is 3.04. The lowest BCUT2D eigenvalue weighted by Gasteiger charge is -2.31. The summed E-state index contributed by atoms with van der Waals surface area (Å²) in [4.78, 5) is 9.65. The number of rotatable bonds is 2. The average molecular weight is 261 g/mol. The Morgan fingerprint density at radius 1 is 1.21 bits per heavy atom. The Balaban J connectivity index is 1.75. The first-order valence-electron chi connectivity index (χ1n) is 7.31. The van der Waals surface area contributed by atoms with Gasteiger partial charge in [-0.15, -0.1) is 0 Å². The molecule has 104 valence electrons. The first kappa shape index (κ1) is 12.9. The quantitative estimate of drug-likeness (QED) is 0.810. The van der Waals surface area contributed by atoms with E-state index in [9.17, 15) is 0 Å². The molecule has 0 radical (unpaired) electrons. The van der Waals surface area contributed by atoms with Gasteiger partial charge in [-0.3, -0.25) is 0 Å². The van der Waals surface area contributed by atoms with Crippen LogP contribution < -0.4 is 4.90 Å². The summed E-state index contributed by atoms with van der Waals surface area (Å²) in [6.45, 7) is 5.91. The van der Waals surface area contributed by atoms with E-state index in [1.165, 1.54) is 25.1 Å². The molecule has 0 aromatic carbocycles. The fraction of sp³-hybridized carbons (Fsp3) is 0.667. The predicted molar refractivity (Wildman–Crippen MR) is 76.7 cm³/mol. The number of likely N-dealkylation sites (tertiary alicyclic amines) is 1. The van der Waals surface area contributed by atoms with Gasteiger partial charge in [0.2, 0.25) is 0 Å². The number of anilines is 1. The topological polar surface area (TPSA) is 28.6 Å². The van der Waals surface area contributed by atoms with Crippen LogP contribution in [0.1, 0.15) is 24.5 Å². The van der Waals surface area contributed by atoms with Gasteiger partial charge >= 0.3 is 0 Å². The molecule has 1 aromatic rings. The number of ether oxygens (including phenoxy) is 1. The Hall–Kier alpha value is -1.13. The highest BCUT2D eigenvalue weighted by Crippen LogP contribution is 2.26. The highest BCUT2D eigenvalue weighted by Gasteiger charge is 2.21. The molecule has 2 saturated heterocycles. The summed E-state index contributed by atoms with van der Waals surface area (Å²) in [5, 5.41) is 0. The van der Waals surface area contributed by atoms with E-state index in [-0.39, 0.29) is 0 Å². The summed E-state index contributed by atoms with van der Waals surface area (Å²) in [6.07, 6.45) is 2.55. The molecule has 0 unspecified atom stereocenters. The van der Waals surface area contributed by atoms with E-state index in [4.69, 9.17) is 9.72 Å². The van der Waals surface area contributed by atoms with Crippen molar-refractivity contribution < 1.29 is 4.74 Å². The van der Waals surface area contributed by atoms with Crippen molar-refractivity contribution in [1.29, 1.82) is 0 Å². The van der Waals surface area contributed by atoms with Gasteiger partial charge in [-0.1, -0.05) is 6.07 Å². The lowest BCUT2D eigenvalue weighted by molar-refractivity contribution is 0.122. The van der Waals surface area contributed by atoms with E-state index in [2.05, 4.69) is 35.0 Å². The van der Waals surface area contributed by atoms with Crippen LogP contribution in [0.3, 0.4) is 0 Å². The summed E-state index contributed by atoms with van der Waals surface area (Å²) in [7, 11) is 2.21. The maximum Gasteiger partial charge on any atom is 0.128 e. The Labute approximate surface area is 115 Å². The zero-order chi connectivity index (χ0) is 13.1. The normalized spacial score (nSPS) is 25.5. The number of likely N-dealkylation sites (N-methyl/N-ethyl adjacent to an activating group) is 1. The van der Waals surface area contributed by atoms with Crippen molar-refractivity contribution in [3.8, 4) is 0 Å². The number of hydrogen-bond acceptors (Lipinski definition) is 4. The minimum Gasteiger partial charge on any atom is -0.378 e. The van der Waals surface area contributed by atoms with Crippen molar-refractivity contribution in [2.75, 3.05) is 51.3 Å². The molecular formula is C15H23N3O. The highest BCUT2D eigenvalue weighted by atomic mass is 16.5. The van der Waals surface area contributed by atoms with Crippen LogP contribution in [0.15, 0.2) is 18.2 Å². The van der Waals surface area contributed by atoms with E-state index in [1.54, 1.807) is 0 Å². The lowest BCUT2D eigenvalue weighted by Crippen LogP contribution is -2.37. The molecule has 0 amide bonds. The molecule has 0 saturated carbocycles. The fourth-order valence-electron chi connectivity index (χ4n) is 3.04. The molecule has 2 aliphatic rings. The van der Waals surface area contributed by atoms with Gasteiger partial charge in [0.25, 0.3) is 0 Å². The standard InChI is InChI=1S/C15H23N3O/c1-17-7-3-4-13(12-17)14-5-2-6-15(16-14)18-8-10-19-11-9-18/h2,5-6,13H,3-4,7-12H2,1H3/t13-/m0/s1. The molecule has 0 aliphatic carbocycles. The average Bonchev–Trinajstić information content (AvgIpc) is 2.48. The minimum atomic E-state index is 0.597. The van der Waals surface area contributed by atoms with Gasteiger partial charge in [-0.2, -0.15) is 0 Å². The van der Waals surface area contributed by atoms with Gasteiger partial charge in [0.05, 0.1) is 13.2 Å². The molecule has 0 bridgehead atoms. The molecule has 4 nitrogen and oxygen atoms in total. The van der Waals surface area contributed by atoms with Crippen LogP contribution in [0.2, 0.25) is 0 Å². The third-order valence-corrected chi connectivity index (χ3v) is 4.13. The second-order valence-electron chi connectivity index (χ2n) is 5.62. The summed E-state index contributed by atoms with van der Waals surface area (Å²) >= 11 is 0. The molecule has 4 heteroatoms. The lowest BCUT2D eigenvalue weighted by atomic mass is 9.94. The monoisotopic (exact) mass is 261 g/mol. The highest BCUT2D eigenvalue weighted by molar-refractivity contribution is 5.40. The van der Waals surface area contributed by atoms with E-state index in [1.807, 2.05) is 0 Å². The summed E-state index contributed by atoms with van der Waals surface area (Å²) in [5.41, 5.74) is 1.26. The van der Waals surface area contributed by atoms with E-state index in [0.717, 1.165) is 38.7 Å². The number of piperidine rings is 1.